The monoisotopic (exact) mass is 367 g/mol. The molecule has 0 aliphatic heterocycles. The van der Waals surface area contributed by atoms with Crippen LogP contribution in [0.25, 0.3) is 33.8 Å². The summed E-state index contributed by atoms with van der Waals surface area (Å²) in [6.07, 6.45) is 5.66. The fourth-order valence-electron chi connectivity index (χ4n) is 4.13. The standard InChI is InChI=1S/C23H21N5/c1-4-10-16(11-5-1)20-18-14-8-3-9-15-19(18)24-22(17-12-6-2-7-13-17)21(20)23-25-27-28-26-23/h1-2,4-7,10-13H,3,8-9,14-15H2,(H,25,26,27,28). The molecule has 1 aliphatic carbocycles. The number of nitrogens with zero attached hydrogens (tertiary/aromatic N) is 4. The van der Waals surface area contributed by atoms with Crippen LogP contribution < -0.4 is 0 Å². The predicted molar refractivity (Wildman–Crippen MR) is 110 cm³/mol. The van der Waals surface area contributed by atoms with Crippen molar-refractivity contribution in [2.24, 2.45) is 0 Å². The van der Waals surface area contributed by atoms with Crippen molar-refractivity contribution in [2.75, 3.05) is 0 Å². The third-order valence-corrected chi connectivity index (χ3v) is 5.40. The maximum Gasteiger partial charge on any atom is 0.207 e. The molecule has 138 valence electrons. The number of hydrogen-bond donors (Lipinski definition) is 1. The number of aromatic amines is 1. The van der Waals surface area contributed by atoms with Gasteiger partial charge in [0.2, 0.25) is 5.82 Å². The minimum absolute atomic E-state index is 0.595. The zero-order valence-corrected chi connectivity index (χ0v) is 15.6. The Kier molecular flexibility index (Phi) is 4.41. The highest BCUT2D eigenvalue weighted by Gasteiger charge is 2.25. The summed E-state index contributed by atoms with van der Waals surface area (Å²) in [5.41, 5.74) is 7.90. The van der Waals surface area contributed by atoms with E-state index in [1.807, 2.05) is 18.2 Å². The second-order valence-electron chi connectivity index (χ2n) is 7.16. The Morgan fingerprint density at radius 1 is 0.714 bits per heavy atom. The first kappa shape index (κ1) is 16.8. The lowest BCUT2D eigenvalue weighted by Crippen LogP contribution is -2.05. The van der Waals surface area contributed by atoms with E-state index in [0.29, 0.717) is 5.82 Å². The molecule has 0 bridgehead atoms. The molecule has 2 heterocycles. The topological polar surface area (TPSA) is 67.3 Å². The molecule has 5 rings (SSSR count). The van der Waals surface area contributed by atoms with Crippen LogP contribution in [0.4, 0.5) is 0 Å². The molecule has 0 atom stereocenters. The smallest absolute Gasteiger partial charge is 0.207 e. The Morgan fingerprint density at radius 2 is 1.43 bits per heavy atom. The van der Waals surface area contributed by atoms with E-state index in [4.69, 9.17) is 4.98 Å². The first-order valence-corrected chi connectivity index (χ1v) is 9.82. The lowest BCUT2D eigenvalue weighted by Gasteiger charge is -2.19. The van der Waals surface area contributed by atoms with Crippen LogP contribution in [0.15, 0.2) is 60.7 Å². The van der Waals surface area contributed by atoms with Crippen LogP contribution in [0.3, 0.4) is 0 Å². The highest BCUT2D eigenvalue weighted by Crippen LogP contribution is 2.42. The summed E-state index contributed by atoms with van der Waals surface area (Å²) in [4.78, 5) is 5.16. The highest BCUT2D eigenvalue weighted by molar-refractivity contribution is 5.92. The largest absolute Gasteiger partial charge is 0.252 e. The average Bonchev–Trinajstić information content (AvgIpc) is 3.19. The number of fused-ring (bicyclic) bond motifs is 1. The first-order chi connectivity index (χ1) is 13.9. The van der Waals surface area contributed by atoms with Gasteiger partial charge in [0.25, 0.3) is 0 Å². The van der Waals surface area contributed by atoms with E-state index >= 15 is 0 Å². The van der Waals surface area contributed by atoms with Gasteiger partial charge in [-0.25, -0.2) is 0 Å². The molecule has 2 aromatic carbocycles. The van der Waals surface area contributed by atoms with Crippen molar-refractivity contribution in [2.45, 2.75) is 32.1 Å². The molecular weight excluding hydrogens is 346 g/mol. The summed E-state index contributed by atoms with van der Waals surface area (Å²) in [5, 5.41) is 15.1. The van der Waals surface area contributed by atoms with Crippen molar-refractivity contribution in [3.63, 3.8) is 0 Å². The molecule has 0 saturated carbocycles. The molecule has 0 unspecified atom stereocenters. The van der Waals surface area contributed by atoms with Crippen molar-refractivity contribution in [1.82, 2.24) is 25.6 Å². The molecule has 0 amide bonds. The van der Waals surface area contributed by atoms with Crippen LogP contribution in [-0.2, 0) is 12.8 Å². The van der Waals surface area contributed by atoms with E-state index in [1.165, 1.54) is 41.6 Å². The molecule has 0 spiro atoms. The number of H-pyrrole nitrogens is 1. The third-order valence-electron chi connectivity index (χ3n) is 5.40. The second-order valence-corrected chi connectivity index (χ2v) is 7.16. The minimum atomic E-state index is 0.595. The second kappa shape index (κ2) is 7.35. The molecule has 0 radical (unpaired) electrons. The number of aryl methyl sites for hydroxylation is 1. The van der Waals surface area contributed by atoms with E-state index in [-0.39, 0.29) is 0 Å². The normalized spacial score (nSPS) is 13.7. The van der Waals surface area contributed by atoms with Crippen LogP contribution in [0.1, 0.15) is 30.5 Å². The lowest BCUT2D eigenvalue weighted by atomic mass is 9.88. The van der Waals surface area contributed by atoms with E-state index in [2.05, 4.69) is 63.1 Å². The first-order valence-electron chi connectivity index (χ1n) is 9.82. The molecule has 0 fully saturated rings. The van der Waals surface area contributed by atoms with Crippen molar-refractivity contribution in [3.8, 4) is 33.8 Å². The van der Waals surface area contributed by atoms with Gasteiger partial charge >= 0.3 is 0 Å². The van der Waals surface area contributed by atoms with Gasteiger partial charge in [-0.1, -0.05) is 67.1 Å². The van der Waals surface area contributed by atoms with Crippen LogP contribution >= 0.6 is 0 Å². The fourth-order valence-corrected chi connectivity index (χ4v) is 4.13. The van der Waals surface area contributed by atoms with Gasteiger partial charge in [-0.3, -0.25) is 4.98 Å². The highest BCUT2D eigenvalue weighted by atomic mass is 15.5. The Labute approximate surface area is 163 Å². The quantitative estimate of drug-likeness (QED) is 0.525. The summed E-state index contributed by atoms with van der Waals surface area (Å²) < 4.78 is 0. The summed E-state index contributed by atoms with van der Waals surface area (Å²) in [5.74, 6) is 0.595. The fraction of sp³-hybridized carbons (Fsp3) is 0.217. The van der Waals surface area contributed by atoms with Crippen molar-refractivity contribution >= 4 is 0 Å². The molecule has 5 heteroatoms. The Balaban J connectivity index is 1.89. The lowest BCUT2D eigenvalue weighted by molar-refractivity contribution is 0.709. The number of nitrogens with one attached hydrogen (secondary N) is 1. The number of aromatic nitrogens is 5. The van der Waals surface area contributed by atoms with Crippen molar-refractivity contribution in [1.29, 1.82) is 0 Å². The van der Waals surface area contributed by atoms with E-state index in [0.717, 1.165) is 29.7 Å². The van der Waals surface area contributed by atoms with E-state index in [9.17, 15) is 0 Å². The molecule has 2 aromatic heterocycles. The van der Waals surface area contributed by atoms with Crippen molar-refractivity contribution < 1.29 is 0 Å². The maximum atomic E-state index is 5.16. The van der Waals surface area contributed by atoms with Gasteiger partial charge in [0, 0.05) is 16.8 Å². The van der Waals surface area contributed by atoms with Crippen LogP contribution in [0, 0.1) is 0 Å². The molecule has 0 saturated heterocycles. The zero-order chi connectivity index (χ0) is 18.8. The number of tetrazole rings is 1. The van der Waals surface area contributed by atoms with Gasteiger partial charge in [-0.15, -0.1) is 10.2 Å². The molecular formula is C23H21N5. The predicted octanol–water partition coefficient (Wildman–Crippen LogP) is 4.86. The van der Waals surface area contributed by atoms with E-state index in [1.54, 1.807) is 0 Å². The Bertz CT molecular complexity index is 1070. The molecule has 5 nitrogen and oxygen atoms in total. The van der Waals surface area contributed by atoms with Crippen LogP contribution in [0.5, 0.6) is 0 Å². The van der Waals surface area contributed by atoms with Crippen LogP contribution in [-0.4, -0.2) is 25.6 Å². The number of pyridine rings is 1. The van der Waals surface area contributed by atoms with E-state index < -0.39 is 0 Å². The van der Waals surface area contributed by atoms with Gasteiger partial charge in [0.05, 0.1) is 11.3 Å². The van der Waals surface area contributed by atoms with Gasteiger partial charge in [-0.2, -0.15) is 5.21 Å². The molecule has 1 N–H and O–H groups in total. The summed E-state index contributed by atoms with van der Waals surface area (Å²) in [6, 6.07) is 20.9. The number of benzene rings is 2. The molecule has 4 aromatic rings. The SMILES string of the molecule is c1ccc(-c2nc3c(c(-c4ccccc4)c2-c2nn[nH]n2)CCCCC3)cc1. The molecule has 1 aliphatic rings. The Hall–Kier alpha value is -3.34. The van der Waals surface area contributed by atoms with Gasteiger partial charge in [-0.05, 0) is 42.0 Å². The van der Waals surface area contributed by atoms with Crippen LogP contribution in [0.2, 0.25) is 0 Å². The number of rotatable bonds is 3. The van der Waals surface area contributed by atoms with Gasteiger partial charge in [0.15, 0.2) is 0 Å². The summed E-state index contributed by atoms with van der Waals surface area (Å²) >= 11 is 0. The van der Waals surface area contributed by atoms with Gasteiger partial charge in [0.1, 0.15) is 0 Å². The Morgan fingerprint density at radius 3 is 2.14 bits per heavy atom. The van der Waals surface area contributed by atoms with Gasteiger partial charge < -0.3 is 0 Å². The number of hydrogen-bond acceptors (Lipinski definition) is 4. The summed E-state index contributed by atoms with van der Waals surface area (Å²) in [7, 11) is 0. The zero-order valence-electron chi connectivity index (χ0n) is 15.6. The summed E-state index contributed by atoms with van der Waals surface area (Å²) in [6.45, 7) is 0. The minimum Gasteiger partial charge on any atom is -0.252 e. The maximum absolute atomic E-state index is 5.16. The average molecular weight is 367 g/mol. The third kappa shape index (κ3) is 2.99. The molecule has 28 heavy (non-hydrogen) atoms. The van der Waals surface area contributed by atoms with Crippen molar-refractivity contribution in [3.05, 3.63) is 71.9 Å².